The SMILES string of the molecule is CN(C)C(=O)C1CCN(C(=O)O)C1. The molecule has 1 rings (SSSR count). The molecule has 0 aliphatic carbocycles. The van der Waals surface area contributed by atoms with E-state index in [2.05, 4.69) is 0 Å². The van der Waals surface area contributed by atoms with Crippen LogP contribution in [-0.4, -0.2) is 54.1 Å². The van der Waals surface area contributed by atoms with Gasteiger partial charge >= 0.3 is 6.09 Å². The molecule has 74 valence electrons. The number of carbonyl (C=O) groups is 2. The number of carboxylic acid groups (broad SMARTS) is 1. The van der Waals surface area contributed by atoms with Crippen LogP contribution >= 0.6 is 0 Å². The second-order valence-electron chi connectivity index (χ2n) is 3.45. The minimum Gasteiger partial charge on any atom is -0.465 e. The Hall–Kier alpha value is -1.26. The Morgan fingerprint density at radius 3 is 2.46 bits per heavy atom. The Morgan fingerprint density at radius 2 is 2.08 bits per heavy atom. The van der Waals surface area contributed by atoms with E-state index in [1.165, 1.54) is 9.80 Å². The van der Waals surface area contributed by atoms with Gasteiger partial charge in [-0.2, -0.15) is 0 Å². The third-order valence-electron chi connectivity index (χ3n) is 2.25. The summed E-state index contributed by atoms with van der Waals surface area (Å²) < 4.78 is 0. The first kappa shape index (κ1) is 9.83. The average Bonchev–Trinajstić information content (AvgIpc) is 2.50. The first-order valence-corrected chi connectivity index (χ1v) is 4.21. The van der Waals surface area contributed by atoms with E-state index in [0.29, 0.717) is 19.5 Å². The van der Waals surface area contributed by atoms with Gasteiger partial charge in [-0.1, -0.05) is 0 Å². The monoisotopic (exact) mass is 186 g/mol. The normalized spacial score (nSPS) is 21.7. The van der Waals surface area contributed by atoms with Gasteiger partial charge in [-0.3, -0.25) is 4.79 Å². The minimum atomic E-state index is -0.936. The van der Waals surface area contributed by atoms with Gasteiger partial charge in [-0.05, 0) is 6.42 Å². The molecule has 2 amide bonds. The number of rotatable bonds is 1. The molecule has 0 saturated carbocycles. The van der Waals surface area contributed by atoms with Gasteiger partial charge in [0.25, 0.3) is 0 Å². The van der Waals surface area contributed by atoms with Crippen LogP contribution in [-0.2, 0) is 4.79 Å². The van der Waals surface area contributed by atoms with Crippen LogP contribution in [0, 0.1) is 5.92 Å². The lowest BCUT2D eigenvalue weighted by molar-refractivity contribution is -0.132. The summed E-state index contributed by atoms with van der Waals surface area (Å²) in [5.41, 5.74) is 0. The molecule has 5 nitrogen and oxygen atoms in total. The Balaban J connectivity index is 2.50. The standard InChI is InChI=1S/C8H14N2O3/c1-9(2)7(11)6-3-4-10(5-6)8(12)13/h6H,3-5H2,1-2H3,(H,12,13). The second kappa shape index (κ2) is 3.64. The van der Waals surface area contributed by atoms with Gasteiger partial charge in [0.15, 0.2) is 0 Å². The lowest BCUT2D eigenvalue weighted by Gasteiger charge is -2.16. The molecule has 5 heteroatoms. The fourth-order valence-corrected chi connectivity index (χ4v) is 1.50. The Labute approximate surface area is 76.9 Å². The predicted octanol–water partition coefficient (Wildman–Crippen LogP) is 0.0745. The molecular weight excluding hydrogens is 172 g/mol. The quantitative estimate of drug-likeness (QED) is 0.630. The van der Waals surface area contributed by atoms with Crippen molar-refractivity contribution >= 4 is 12.0 Å². The van der Waals surface area contributed by atoms with E-state index in [4.69, 9.17) is 5.11 Å². The maximum atomic E-state index is 11.4. The summed E-state index contributed by atoms with van der Waals surface area (Å²) in [5.74, 6) is -0.130. The fraction of sp³-hybridized carbons (Fsp3) is 0.750. The van der Waals surface area contributed by atoms with Crippen molar-refractivity contribution in [3.63, 3.8) is 0 Å². The van der Waals surface area contributed by atoms with E-state index >= 15 is 0 Å². The maximum absolute atomic E-state index is 11.4. The summed E-state index contributed by atoms with van der Waals surface area (Å²) in [6.07, 6.45) is -0.294. The van der Waals surface area contributed by atoms with Crippen molar-refractivity contribution in [1.29, 1.82) is 0 Å². The van der Waals surface area contributed by atoms with E-state index < -0.39 is 6.09 Å². The molecule has 13 heavy (non-hydrogen) atoms. The van der Waals surface area contributed by atoms with Crippen LogP contribution in [0.2, 0.25) is 0 Å². The predicted molar refractivity (Wildman–Crippen MR) is 46.4 cm³/mol. The Morgan fingerprint density at radius 1 is 1.46 bits per heavy atom. The minimum absolute atomic E-state index is 0.0174. The number of hydrogen-bond donors (Lipinski definition) is 1. The van der Waals surface area contributed by atoms with Gasteiger partial charge in [0, 0.05) is 27.2 Å². The highest BCUT2D eigenvalue weighted by Crippen LogP contribution is 2.17. The molecule has 1 aliphatic heterocycles. The zero-order chi connectivity index (χ0) is 10.0. The van der Waals surface area contributed by atoms with Crippen LogP contribution < -0.4 is 0 Å². The van der Waals surface area contributed by atoms with Crippen molar-refractivity contribution in [2.75, 3.05) is 27.2 Å². The molecule has 0 aromatic rings. The van der Waals surface area contributed by atoms with Crippen molar-refractivity contribution in [3.8, 4) is 0 Å². The first-order chi connectivity index (χ1) is 6.02. The van der Waals surface area contributed by atoms with Gasteiger partial charge in [-0.15, -0.1) is 0 Å². The lowest BCUT2D eigenvalue weighted by atomic mass is 10.1. The van der Waals surface area contributed by atoms with Crippen LogP contribution in [0.15, 0.2) is 0 Å². The van der Waals surface area contributed by atoms with Crippen LogP contribution in [0.3, 0.4) is 0 Å². The van der Waals surface area contributed by atoms with E-state index in [0.717, 1.165) is 0 Å². The molecule has 1 atom stereocenters. The molecule has 0 aromatic heterocycles. The zero-order valence-corrected chi connectivity index (χ0v) is 7.86. The smallest absolute Gasteiger partial charge is 0.407 e. The summed E-state index contributed by atoms with van der Waals surface area (Å²) in [7, 11) is 3.37. The average molecular weight is 186 g/mol. The highest BCUT2D eigenvalue weighted by molar-refractivity contribution is 5.80. The van der Waals surface area contributed by atoms with Crippen LogP contribution in [0.4, 0.5) is 4.79 Å². The topological polar surface area (TPSA) is 60.9 Å². The third-order valence-corrected chi connectivity index (χ3v) is 2.25. The van der Waals surface area contributed by atoms with Crippen LogP contribution in [0.1, 0.15) is 6.42 Å². The third kappa shape index (κ3) is 2.11. The van der Waals surface area contributed by atoms with Crippen LogP contribution in [0.25, 0.3) is 0 Å². The van der Waals surface area contributed by atoms with Crippen molar-refractivity contribution in [2.24, 2.45) is 5.92 Å². The molecular formula is C8H14N2O3. The fourth-order valence-electron chi connectivity index (χ4n) is 1.50. The summed E-state index contributed by atoms with van der Waals surface area (Å²) in [6.45, 7) is 0.811. The summed E-state index contributed by atoms with van der Waals surface area (Å²) >= 11 is 0. The molecule has 1 fully saturated rings. The Kier molecular flexibility index (Phi) is 2.75. The number of nitrogens with zero attached hydrogens (tertiary/aromatic N) is 2. The molecule has 0 bridgehead atoms. The summed E-state index contributed by atoms with van der Waals surface area (Å²) in [6, 6.07) is 0. The van der Waals surface area contributed by atoms with E-state index in [-0.39, 0.29) is 11.8 Å². The van der Waals surface area contributed by atoms with Gasteiger partial charge in [-0.25, -0.2) is 4.79 Å². The van der Waals surface area contributed by atoms with Crippen LogP contribution in [0.5, 0.6) is 0 Å². The molecule has 1 unspecified atom stereocenters. The number of hydrogen-bond acceptors (Lipinski definition) is 2. The largest absolute Gasteiger partial charge is 0.465 e. The van der Waals surface area contributed by atoms with Gasteiger partial charge < -0.3 is 14.9 Å². The summed E-state index contributed by atoms with van der Waals surface area (Å²) in [4.78, 5) is 24.8. The lowest BCUT2D eigenvalue weighted by Crippen LogP contribution is -2.33. The molecule has 0 spiro atoms. The highest BCUT2D eigenvalue weighted by Gasteiger charge is 2.31. The van der Waals surface area contributed by atoms with Gasteiger partial charge in [0.05, 0.1) is 5.92 Å². The van der Waals surface area contributed by atoms with Crippen molar-refractivity contribution in [2.45, 2.75) is 6.42 Å². The summed E-state index contributed by atoms with van der Waals surface area (Å²) in [5, 5.41) is 8.65. The van der Waals surface area contributed by atoms with E-state index in [1.807, 2.05) is 0 Å². The van der Waals surface area contributed by atoms with E-state index in [1.54, 1.807) is 14.1 Å². The molecule has 1 saturated heterocycles. The molecule has 0 radical (unpaired) electrons. The highest BCUT2D eigenvalue weighted by atomic mass is 16.4. The van der Waals surface area contributed by atoms with Crippen molar-refractivity contribution in [1.82, 2.24) is 9.80 Å². The number of carbonyl (C=O) groups excluding carboxylic acids is 1. The Bertz CT molecular complexity index is 227. The molecule has 1 N–H and O–H groups in total. The number of amides is 2. The molecule has 0 aromatic carbocycles. The van der Waals surface area contributed by atoms with Gasteiger partial charge in [0.1, 0.15) is 0 Å². The van der Waals surface area contributed by atoms with Crippen molar-refractivity contribution in [3.05, 3.63) is 0 Å². The first-order valence-electron chi connectivity index (χ1n) is 4.21. The second-order valence-corrected chi connectivity index (χ2v) is 3.45. The molecule has 1 heterocycles. The van der Waals surface area contributed by atoms with Crippen molar-refractivity contribution < 1.29 is 14.7 Å². The number of likely N-dealkylation sites (tertiary alicyclic amines) is 1. The zero-order valence-electron chi connectivity index (χ0n) is 7.86. The van der Waals surface area contributed by atoms with Gasteiger partial charge in [0.2, 0.25) is 5.91 Å². The van der Waals surface area contributed by atoms with E-state index in [9.17, 15) is 9.59 Å². The molecule has 1 aliphatic rings. The maximum Gasteiger partial charge on any atom is 0.407 e.